The SMILES string of the molecule is CC(C)c1ccccc1OCC(=O)c1ccc2c(c1)N(CC(=O)NC[C@@H]1CCCO1)C(=O)CO2. The van der Waals surface area contributed by atoms with Gasteiger partial charge in [-0.3, -0.25) is 19.3 Å². The Kier molecular flexibility index (Phi) is 7.47. The largest absolute Gasteiger partial charge is 0.485 e. The predicted molar refractivity (Wildman–Crippen MR) is 127 cm³/mol. The first-order valence-corrected chi connectivity index (χ1v) is 11.6. The number of nitrogens with zero attached hydrogens (tertiary/aromatic N) is 1. The van der Waals surface area contributed by atoms with Gasteiger partial charge in [0.15, 0.2) is 19.0 Å². The third-order valence-electron chi connectivity index (χ3n) is 5.98. The molecule has 2 aromatic rings. The molecule has 0 unspecified atom stereocenters. The Bertz CT molecular complexity index is 1060. The molecule has 0 spiro atoms. The monoisotopic (exact) mass is 466 g/mol. The van der Waals surface area contributed by atoms with Gasteiger partial charge in [0.2, 0.25) is 5.91 Å². The predicted octanol–water partition coefficient (Wildman–Crippen LogP) is 3.09. The molecule has 0 bridgehead atoms. The molecular weight excluding hydrogens is 436 g/mol. The quantitative estimate of drug-likeness (QED) is 0.571. The summed E-state index contributed by atoms with van der Waals surface area (Å²) in [6.07, 6.45) is 1.91. The summed E-state index contributed by atoms with van der Waals surface area (Å²) in [6, 6.07) is 12.5. The van der Waals surface area contributed by atoms with Crippen molar-refractivity contribution in [1.29, 1.82) is 0 Å². The fourth-order valence-corrected chi connectivity index (χ4v) is 4.10. The molecule has 4 rings (SSSR count). The maximum Gasteiger partial charge on any atom is 0.265 e. The van der Waals surface area contributed by atoms with Gasteiger partial charge in [-0.25, -0.2) is 0 Å². The second-order valence-electron chi connectivity index (χ2n) is 8.79. The summed E-state index contributed by atoms with van der Waals surface area (Å²) in [4.78, 5) is 39.3. The second kappa shape index (κ2) is 10.7. The van der Waals surface area contributed by atoms with Gasteiger partial charge in [0.25, 0.3) is 5.91 Å². The van der Waals surface area contributed by atoms with Crippen LogP contribution in [-0.2, 0) is 14.3 Å². The first kappa shape index (κ1) is 23.8. The number of carbonyl (C=O) groups is 3. The summed E-state index contributed by atoms with van der Waals surface area (Å²) < 4.78 is 16.8. The third-order valence-corrected chi connectivity index (χ3v) is 5.98. The number of ether oxygens (including phenoxy) is 3. The molecule has 0 saturated carbocycles. The van der Waals surface area contributed by atoms with Crippen molar-refractivity contribution in [3.05, 3.63) is 53.6 Å². The Morgan fingerprint density at radius 3 is 2.79 bits per heavy atom. The van der Waals surface area contributed by atoms with Crippen molar-refractivity contribution >= 4 is 23.3 Å². The van der Waals surface area contributed by atoms with Crippen molar-refractivity contribution in [3.8, 4) is 11.5 Å². The number of hydrogen-bond acceptors (Lipinski definition) is 6. The van der Waals surface area contributed by atoms with Crippen LogP contribution in [0.15, 0.2) is 42.5 Å². The molecule has 34 heavy (non-hydrogen) atoms. The van der Waals surface area contributed by atoms with E-state index in [1.165, 1.54) is 4.90 Å². The number of amides is 2. The third kappa shape index (κ3) is 5.56. The number of ketones is 1. The van der Waals surface area contributed by atoms with Crippen LogP contribution in [0, 0.1) is 0 Å². The average molecular weight is 467 g/mol. The molecule has 180 valence electrons. The smallest absolute Gasteiger partial charge is 0.265 e. The van der Waals surface area contributed by atoms with Crippen LogP contribution in [0.1, 0.15) is 48.5 Å². The van der Waals surface area contributed by atoms with E-state index in [-0.39, 0.29) is 49.4 Å². The molecule has 1 N–H and O–H groups in total. The van der Waals surface area contributed by atoms with Crippen LogP contribution in [0.5, 0.6) is 11.5 Å². The molecule has 8 heteroatoms. The van der Waals surface area contributed by atoms with Gasteiger partial charge in [0, 0.05) is 18.7 Å². The van der Waals surface area contributed by atoms with E-state index in [0.717, 1.165) is 18.4 Å². The van der Waals surface area contributed by atoms with E-state index >= 15 is 0 Å². The van der Waals surface area contributed by atoms with Gasteiger partial charge in [-0.1, -0.05) is 32.0 Å². The molecule has 2 heterocycles. The molecule has 2 aliphatic rings. The van der Waals surface area contributed by atoms with E-state index in [1.54, 1.807) is 18.2 Å². The molecule has 0 radical (unpaired) electrons. The Balaban J connectivity index is 1.44. The number of benzene rings is 2. The van der Waals surface area contributed by atoms with Gasteiger partial charge in [-0.05, 0) is 48.6 Å². The summed E-state index contributed by atoms with van der Waals surface area (Å²) in [6.45, 7) is 4.80. The maximum absolute atomic E-state index is 12.9. The van der Waals surface area contributed by atoms with E-state index in [9.17, 15) is 14.4 Å². The Hall–Kier alpha value is -3.39. The van der Waals surface area contributed by atoms with E-state index in [0.29, 0.717) is 35.9 Å². The van der Waals surface area contributed by atoms with Crippen molar-refractivity contribution in [2.75, 3.05) is 37.8 Å². The van der Waals surface area contributed by atoms with Gasteiger partial charge in [-0.2, -0.15) is 0 Å². The first-order valence-electron chi connectivity index (χ1n) is 11.6. The number of Topliss-reactive ketones (excluding diaryl/α,β-unsaturated/α-hetero) is 1. The molecule has 8 nitrogen and oxygen atoms in total. The minimum absolute atomic E-state index is 0.0154. The zero-order valence-corrected chi connectivity index (χ0v) is 19.5. The molecule has 2 amide bonds. The van der Waals surface area contributed by atoms with Crippen LogP contribution < -0.4 is 19.7 Å². The van der Waals surface area contributed by atoms with Gasteiger partial charge < -0.3 is 19.5 Å². The minimum Gasteiger partial charge on any atom is -0.485 e. The minimum atomic E-state index is -0.341. The van der Waals surface area contributed by atoms with E-state index < -0.39 is 0 Å². The number of para-hydroxylation sites is 1. The number of carbonyl (C=O) groups excluding carboxylic acids is 3. The van der Waals surface area contributed by atoms with Crippen molar-refractivity contribution in [2.24, 2.45) is 0 Å². The zero-order chi connectivity index (χ0) is 24.1. The van der Waals surface area contributed by atoms with E-state index in [1.807, 2.05) is 24.3 Å². The van der Waals surface area contributed by atoms with Crippen LogP contribution in [-0.4, -0.2) is 56.6 Å². The average Bonchev–Trinajstić information content (AvgIpc) is 3.36. The van der Waals surface area contributed by atoms with Gasteiger partial charge in [0.1, 0.15) is 18.0 Å². The van der Waals surface area contributed by atoms with Crippen molar-refractivity contribution in [3.63, 3.8) is 0 Å². The molecule has 2 aliphatic heterocycles. The van der Waals surface area contributed by atoms with Crippen LogP contribution in [0.3, 0.4) is 0 Å². The number of nitrogens with one attached hydrogen (secondary N) is 1. The van der Waals surface area contributed by atoms with Crippen LogP contribution in [0.4, 0.5) is 5.69 Å². The van der Waals surface area contributed by atoms with Crippen molar-refractivity contribution in [2.45, 2.75) is 38.7 Å². The molecular formula is C26H30N2O6. The lowest BCUT2D eigenvalue weighted by Crippen LogP contribution is -2.46. The normalized spacial score (nSPS) is 17.3. The van der Waals surface area contributed by atoms with Gasteiger partial charge in [-0.15, -0.1) is 0 Å². The summed E-state index contributed by atoms with van der Waals surface area (Å²) in [5.74, 6) is 0.523. The Morgan fingerprint density at radius 2 is 2.03 bits per heavy atom. The summed E-state index contributed by atoms with van der Waals surface area (Å²) in [7, 11) is 0. The second-order valence-corrected chi connectivity index (χ2v) is 8.79. The standard InChI is InChI=1S/C26H30N2O6/c1-17(2)20-7-3-4-8-23(20)33-15-22(29)18-9-10-24-21(12-18)28(26(31)16-34-24)14-25(30)27-13-19-6-5-11-32-19/h3-4,7-10,12,17,19H,5-6,11,13-16H2,1-2H3,(H,27,30)/t19-/m0/s1. The Morgan fingerprint density at radius 1 is 1.21 bits per heavy atom. The number of rotatable bonds is 9. The van der Waals surface area contributed by atoms with E-state index in [2.05, 4.69) is 19.2 Å². The number of anilines is 1. The molecule has 0 aliphatic carbocycles. The first-order chi connectivity index (χ1) is 16.4. The number of hydrogen-bond donors (Lipinski definition) is 1. The Labute approximate surface area is 199 Å². The lowest BCUT2D eigenvalue weighted by molar-refractivity contribution is -0.125. The summed E-state index contributed by atoms with van der Waals surface area (Å²) in [5.41, 5.74) is 1.81. The van der Waals surface area contributed by atoms with Crippen LogP contribution in [0.2, 0.25) is 0 Å². The fraction of sp³-hybridized carbons (Fsp3) is 0.423. The van der Waals surface area contributed by atoms with Crippen molar-refractivity contribution in [1.82, 2.24) is 5.32 Å². The topological polar surface area (TPSA) is 94.2 Å². The molecule has 1 fully saturated rings. The molecule has 1 atom stereocenters. The van der Waals surface area contributed by atoms with Crippen LogP contribution in [0.25, 0.3) is 0 Å². The zero-order valence-electron chi connectivity index (χ0n) is 19.5. The lowest BCUT2D eigenvalue weighted by Gasteiger charge is -2.29. The number of fused-ring (bicyclic) bond motifs is 1. The molecule has 1 saturated heterocycles. The highest BCUT2D eigenvalue weighted by molar-refractivity contribution is 6.04. The van der Waals surface area contributed by atoms with Crippen molar-refractivity contribution < 1.29 is 28.6 Å². The highest BCUT2D eigenvalue weighted by Crippen LogP contribution is 2.33. The summed E-state index contributed by atoms with van der Waals surface area (Å²) >= 11 is 0. The molecule has 2 aromatic carbocycles. The van der Waals surface area contributed by atoms with E-state index in [4.69, 9.17) is 14.2 Å². The lowest BCUT2D eigenvalue weighted by atomic mass is 10.0. The summed E-state index contributed by atoms with van der Waals surface area (Å²) in [5, 5.41) is 2.83. The highest BCUT2D eigenvalue weighted by atomic mass is 16.5. The maximum atomic E-state index is 12.9. The van der Waals surface area contributed by atoms with Gasteiger partial charge >= 0.3 is 0 Å². The van der Waals surface area contributed by atoms with Crippen LogP contribution >= 0.6 is 0 Å². The van der Waals surface area contributed by atoms with Gasteiger partial charge in [0.05, 0.1) is 11.8 Å². The fourth-order valence-electron chi connectivity index (χ4n) is 4.10. The molecule has 0 aromatic heterocycles. The highest BCUT2D eigenvalue weighted by Gasteiger charge is 2.29.